The predicted octanol–water partition coefficient (Wildman–Crippen LogP) is 2.01. The van der Waals surface area contributed by atoms with Gasteiger partial charge in [0.15, 0.2) is 5.13 Å². The van der Waals surface area contributed by atoms with Gasteiger partial charge in [-0.2, -0.15) is 0 Å². The lowest BCUT2D eigenvalue weighted by Gasteiger charge is -2.20. The molecule has 0 amide bonds. The van der Waals surface area contributed by atoms with E-state index in [1.165, 1.54) is 49.3 Å². The Morgan fingerprint density at radius 2 is 2.16 bits per heavy atom. The summed E-state index contributed by atoms with van der Waals surface area (Å²) in [6.45, 7) is 4.77. The second-order valence-corrected chi connectivity index (χ2v) is 6.84. The topological polar surface area (TPSA) is 45.4 Å². The monoisotopic (exact) mass is 280 g/mol. The molecule has 1 atom stereocenters. The van der Waals surface area contributed by atoms with E-state index in [-0.39, 0.29) is 6.04 Å². The molecule has 3 rings (SSSR count). The van der Waals surface area contributed by atoms with Crippen molar-refractivity contribution in [3.05, 3.63) is 10.6 Å². The first-order chi connectivity index (χ1) is 9.24. The summed E-state index contributed by atoms with van der Waals surface area (Å²) < 4.78 is 0. The van der Waals surface area contributed by atoms with Gasteiger partial charge in [-0.1, -0.05) is 0 Å². The van der Waals surface area contributed by atoms with E-state index in [4.69, 9.17) is 10.7 Å². The number of hydrogen-bond donors (Lipinski definition) is 1. The number of anilines is 1. The minimum Gasteiger partial charge on any atom is -0.350 e. The van der Waals surface area contributed by atoms with Crippen LogP contribution >= 0.6 is 11.3 Å². The highest BCUT2D eigenvalue weighted by Crippen LogP contribution is 2.35. The number of thiazole rings is 1. The number of rotatable bonds is 4. The van der Waals surface area contributed by atoms with Crippen molar-refractivity contribution in [1.82, 2.24) is 9.88 Å². The fourth-order valence-corrected chi connectivity index (χ4v) is 4.15. The Hall–Kier alpha value is -0.650. The summed E-state index contributed by atoms with van der Waals surface area (Å²) in [6.07, 6.45) is 6.20. The maximum Gasteiger partial charge on any atom is 0.185 e. The number of likely N-dealkylation sites (N-methyl/N-ethyl adjacent to an activating group) is 1. The normalized spacial score (nSPS) is 23.6. The first-order valence-corrected chi connectivity index (χ1v) is 8.24. The quantitative estimate of drug-likeness (QED) is 0.916. The fourth-order valence-electron chi connectivity index (χ4n) is 3.00. The average Bonchev–Trinajstić information content (AvgIpc) is 3.05. The van der Waals surface area contributed by atoms with Crippen LogP contribution in [0, 0.1) is 0 Å². The SMILES string of the molecule is CN(CCN1CCCC1)c1nc2c(s1)CCCC2N. The zero-order valence-electron chi connectivity index (χ0n) is 11.8. The van der Waals surface area contributed by atoms with Crippen molar-refractivity contribution in [2.24, 2.45) is 5.73 Å². The van der Waals surface area contributed by atoms with Crippen molar-refractivity contribution in [1.29, 1.82) is 0 Å². The third-order valence-electron chi connectivity index (χ3n) is 4.26. The summed E-state index contributed by atoms with van der Waals surface area (Å²) in [5.74, 6) is 0. The van der Waals surface area contributed by atoms with E-state index in [1.807, 2.05) is 11.3 Å². The van der Waals surface area contributed by atoms with Crippen LogP contribution in [0.1, 0.15) is 42.3 Å². The van der Waals surface area contributed by atoms with E-state index >= 15 is 0 Å². The molecule has 1 aliphatic carbocycles. The van der Waals surface area contributed by atoms with Gasteiger partial charge in [0.05, 0.1) is 5.69 Å². The van der Waals surface area contributed by atoms with Gasteiger partial charge in [0.2, 0.25) is 0 Å². The van der Waals surface area contributed by atoms with Crippen LogP contribution in [0.4, 0.5) is 5.13 Å². The van der Waals surface area contributed by atoms with Gasteiger partial charge in [-0.15, -0.1) is 11.3 Å². The molecule has 1 saturated heterocycles. The number of nitrogens with zero attached hydrogens (tertiary/aromatic N) is 3. The van der Waals surface area contributed by atoms with E-state index < -0.39 is 0 Å². The first kappa shape index (κ1) is 13.3. The Morgan fingerprint density at radius 1 is 1.37 bits per heavy atom. The van der Waals surface area contributed by atoms with Crippen LogP contribution in [-0.4, -0.2) is 43.1 Å². The number of aryl methyl sites for hydroxylation is 1. The third kappa shape index (κ3) is 2.93. The van der Waals surface area contributed by atoms with Crippen molar-refractivity contribution in [3.8, 4) is 0 Å². The summed E-state index contributed by atoms with van der Waals surface area (Å²) in [5, 5.41) is 1.15. The first-order valence-electron chi connectivity index (χ1n) is 7.43. The second-order valence-electron chi connectivity index (χ2n) is 5.77. The zero-order valence-corrected chi connectivity index (χ0v) is 12.6. The molecule has 2 N–H and O–H groups in total. The van der Waals surface area contributed by atoms with Crippen LogP contribution in [0.15, 0.2) is 0 Å². The molecule has 1 unspecified atom stereocenters. The Kier molecular flexibility index (Phi) is 4.05. The van der Waals surface area contributed by atoms with Gasteiger partial charge in [0.1, 0.15) is 0 Å². The molecule has 1 aromatic rings. The van der Waals surface area contributed by atoms with Crippen LogP contribution in [0.2, 0.25) is 0 Å². The molecular formula is C14H24N4S. The highest BCUT2D eigenvalue weighted by atomic mass is 32.1. The van der Waals surface area contributed by atoms with Gasteiger partial charge in [-0.25, -0.2) is 4.98 Å². The summed E-state index contributed by atoms with van der Waals surface area (Å²) >= 11 is 1.85. The van der Waals surface area contributed by atoms with Gasteiger partial charge >= 0.3 is 0 Å². The molecule has 4 nitrogen and oxygen atoms in total. The summed E-state index contributed by atoms with van der Waals surface area (Å²) in [5.41, 5.74) is 7.32. The number of nitrogens with two attached hydrogens (primary N) is 1. The van der Waals surface area contributed by atoms with Crippen LogP contribution in [-0.2, 0) is 6.42 Å². The maximum absolute atomic E-state index is 6.15. The predicted molar refractivity (Wildman–Crippen MR) is 80.9 cm³/mol. The lowest BCUT2D eigenvalue weighted by molar-refractivity contribution is 0.346. The summed E-state index contributed by atoms with van der Waals surface area (Å²) in [6, 6.07) is 0.167. The van der Waals surface area contributed by atoms with Gasteiger partial charge < -0.3 is 15.5 Å². The lowest BCUT2D eigenvalue weighted by Crippen LogP contribution is -2.31. The van der Waals surface area contributed by atoms with Crippen LogP contribution in [0.3, 0.4) is 0 Å². The molecule has 2 heterocycles. The van der Waals surface area contributed by atoms with E-state index in [1.54, 1.807) is 0 Å². The van der Waals surface area contributed by atoms with Gasteiger partial charge in [0, 0.05) is 31.1 Å². The molecule has 106 valence electrons. The highest BCUT2D eigenvalue weighted by Gasteiger charge is 2.23. The van der Waals surface area contributed by atoms with Crippen molar-refractivity contribution in [2.45, 2.75) is 38.1 Å². The highest BCUT2D eigenvalue weighted by molar-refractivity contribution is 7.15. The zero-order chi connectivity index (χ0) is 13.2. The second kappa shape index (κ2) is 5.77. The molecule has 0 radical (unpaired) electrons. The molecule has 1 fully saturated rings. The van der Waals surface area contributed by atoms with Gasteiger partial charge in [-0.3, -0.25) is 0 Å². The van der Waals surface area contributed by atoms with Crippen LogP contribution < -0.4 is 10.6 Å². The molecular weight excluding hydrogens is 256 g/mol. The Balaban J connectivity index is 1.61. The smallest absolute Gasteiger partial charge is 0.185 e. The lowest BCUT2D eigenvalue weighted by atomic mass is 9.99. The molecule has 0 spiro atoms. The van der Waals surface area contributed by atoms with E-state index in [9.17, 15) is 0 Å². The number of fused-ring (bicyclic) bond motifs is 1. The van der Waals surface area contributed by atoms with Crippen molar-refractivity contribution < 1.29 is 0 Å². The molecule has 2 aliphatic rings. The Bertz CT molecular complexity index is 425. The average molecular weight is 280 g/mol. The summed E-state index contributed by atoms with van der Waals surface area (Å²) in [7, 11) is 2.16. The minimum absolute atomic E-state index is 0.167. The van der Waals surface area contributed by atoms with Crippen molar-refractivity contribution in [3.63, 3.8) is 0 Å². The molecule has 5 heteroatoms. The van der Waals surface area contributed by atoms with Crippen molar-refractivity contribution in [2.75, 3.05) is 38.1 Å². The van der Waals surface area contributed by atoms with Crippen LogP contribution in [0.25, 0.3) is 0 Å². The fraction of sp³-hybridized carbons (Fsp3) is 0.786. The van der Waals surface area contributed by atoms with Gasteiger partial charge in [0.25, 0.3) is 0 Å². The number of aromatic nitrogens is 1. The van der Waals surface area contributed by atoms with E-state index in [0.29, 0.717) is 0 Å². The molecule has 0 saturated carbocycles. The molecule has 19 heavy (non-hydrogen) atoms. The minimum atomic E-state index is 0.167. The molecule has 0 bridgehead atoms. The molecule has 1 aliphatic heterocycles. The van der Waals surface area contributed by atoms with E-state index in [0.717, 1.165) is 24.6 Å². The number of likely N-dealkylation sites (tertiary alicyclic amines) is 1. The van der Waals surface area contributed by atoms with Gasteiger partial charge in [-0.05, 0) is 45.2 Å². The van der Waals surface area contributed by atoms with Crippen molar-refractivity contribution >= 4 is 16.5 Å². The number of hydrogen-bond acceptors (Lipinski definition) is 5. The Morgan fingerprint density at radius 3 is 2.89 bits per heavy atom. The van der Waals surface area contributed by atoms with E-state index in [2.05, 4.69) is 16.8 Å². The maximum atomic E-state index is 6.15. The molecule has 0 aromatic carbocycles. The largest absolute Gasteiger partial charge is 0.350 e. The Labute approximate surface area is 119 Å². The van der Waals surface area contributed by atoms with Crippen LogP contribution in [0.5, 0.6) is 0 Å². The summed E-state index contributed by atoms with van der Waals surface area (Å²) in [4.78, 5) is 11.0. The standard InChI is InChI=1S/C14H24N4S/c1-17(9-10-18-7-2-3-8-18)14-16-13-11(15)5-4-6-12(13)19-14/h11H,2-10,15H2,1H3. The molecule has 1 aromatic heterocycles. The third-order valence-corrected chi connectivity index (χ3v) is 5.51.